The lowest BCUT2D eigenvalue weighted by Crippen LogP contribution is -2.07. The van der Waals surface area contributed by atoms with E-state index >= 15 is 0 Å². The van der Waals surface area contributed by atoms with Crippen LogP contribution in [0.4, 0.5) is 0 Å². The summed E-state index contributed by atoms with van der Waals surface area (Å²) in [5.74, 6) is 1.69. The van der Waals surface area contributed by atoms with E-state index in [0.717, 1.165) is 17.9 Å². The summed E-state index contributed by atoms with van der Waals surface area (Å²) in [6.45, 7) is 0.867. The lowest BCUT2D eigenvalue weighted by molar-refractivity contribution is 0.782. The summed E-state index contributed by atoms with van der Waals surface area (Å²) in [6, 6.07) is 10.3. The first kappa shape index (κ1) is 10.5. The number of nitrogens with one attached hydrogen (secondary N) is 2. The van der Waals surface area contributed by atoms with Crippen LogP contribution >= 0.6 is 0 Å². The summed E-state index contributed by atoms with van der Waals surface area (Å²) in [7, 11) is 1.97. The molecule has 0 aliphatic heterocycles. The molecule has 0 bridgehead atoms. The van der Waals surface area contributed by atoms with E-state index in [-0.39, 0.29) is 0 Å². The lowest BCUT2D eigenvalue weighted by Gasteiger charge is -1.98. The van der Waals surface area contributed by atoms with Gasteiger partial charge in [-0.15, -0.1) is 0 Å². The Balaban J connectivity index is 1.98. The van der Waals surface area contributed by atoms with Gasteiger partial charge in [-0.3, -0.25) is 0 Å². The van der Waals surface area contributed by atoms with Gasteiger partial charge in [0, 0.05) is 18.0 Å². The van der Waals surface area contributed by atoms with E-state index in [2.05, 4.69) is 22.4 Å². The SMILES string of the molecule is CNCc1[nH]c(-c2ccccc2)nc1C1CC1. The standard InChI is InChI=1S/C14H17N3/c1-15-9-12-13(10-7-8-10)17-14(16-12)11-5-3-2-4-6-11/h2-6,10,15H,7-9H2,1H3,(H,16,17). The normalized spacial score (nSPS) is 15.1. The molecule has 0 unspecified atom stereocenters. The van der Waals surface area contributed by atoms with Crippen LogP contribution in [0.3, 0.4) is 0 Å². The minimum absolute atomic E-state index is 0.687. The van der Waals surface area contributed by atoms with E-state index in [4.69, 9.17) is 4.98 Å². The predicted molar refractivity (Wildman–Crippen MR) is 68.8 cm³/mol. The average molecular weight is 227 g/mol. The summed E-state index contributed by atoms with van der Waals surface area (Å²) >= 11 is 0. The van der Waals surface area contributed by atoms with Crippen LogP contribution in [-0.2, 0) is 6.54 Å². The van der Waals surface area contributed by atoms with Crippen LogP contribution in [0.15, 0.2) is 30.3 Å². The van der Waals surface area contributed by atoms with Crippen LogP contribution in [0.1, 0.15) is 30.1 Å². The van der Waals surface area contributed by atoms with Crippen molar-refractivity contribution in [3.63, 3.8) is 0 Å². The Morgan fingerprint density at radius 2 is 2.06 bits per heavy atom. The van der Waals surface area contributed by atoms with E-state index < -0.39 is 0 Å². The monoisotopic (exact) mass is 227 g/mol. The first-order valence-electron chi connectivity index (χ1n) is 6.17. The lowest BCUT2D eigenvalue weighted by atomic mass is 10.2. The molecule has 1 heterocycles. The van der Waals surface area contributed by atoms with Gasteiger partial charge >= 0.3 is 0 Å². The van der Waals surface area contributed by atoms with Crippen molar-refractivity contribution in [3.8, 4) is 11.4 Å². The van der Waals surface area contributed by atoms with Gasteiger partial charge in [-0.2, -0.15) is 0 Å². The third kappa shape index (κ3) is 2.11. The third-order valence-electron chi connectivity index (χ3n) is 3.18. The molecular formula is C14H17N3. The van der Waals surface area contributed by atoms with Crippen molar-refractivity contribution in [3.05, 3.63) is 41.7 Å². The van der Waals surface area contributed by atoms with Gasteiger partial charge < -0.3 is 10.3 Å². The molecule has 0 saturated heterocycles. The molecule has 0 spiro atoms. The maximum Gasteiger partial charge on any atom is 0.137 e. The van der Waals surface area contributed by atoms with E-state index in [1.54, 1.807) is 0 Å². The number of nitrogens with zero attached hydrogens (tertiary/aromatic N) is 1. The first-order chi connectivity index (χ1) is 8.38. The van der Waals surface area contributed by atoms with Gasteiger partial charge in [0.2, 0.25) is 0 Å². The number of aromatic amines is 1. The van der Waals surface area contributed by atoms with Gasteiger partial charge in [0.1, 0.15) is 5.82 Å². The molecule has 88 valence electrons. The Morgan fingerprint density at radius 3 is 2.71 bits per heavy atom. The van der Waals surface area contributed by atoms with Crippen LogP contribution in [0.25, 0.3) is 11.4 Å². The van der Waals surface area contributed by atoms with Crippen LogP contribution < -0.4 is 5.32 Å². The highest BCUT2D eigenvalue weighted by Gasteiger charge is 2.29. The zero-order valence-corrected chi connectivity index (χ0v) is 10.0. The van der Waals surface area contributed by atoms with E-state index in [1.807, 2.05) is 25.2 Å². The molecule has 0 atom stereocenters. The molecule has 3 rings (SSSR count). The molecule has 2 aromatic rings. The molecule has 1 aromatic carbocycles. The summed E-state index contributed by atoms with van der Waals surface area (Å²) in [4.78, 5) is 8.21. The Morgan fingerprint density at radius 1 is 1.29 bits per heavy atom. The zero-order chi connectivity index (χ0) is 11.7. The van der Waals surface area contributed by atoms with E-state index in [9.17, 15) is 0 Å². The molecule has 1 aromatic heterocycles. The van der Waals surface area contributed by atoms with Crippen molar-refractivity contribution in [2.75, 3.05) is 7.05 Å². The molecule has 17 heavy (non-hydrogen) atoms. The van der Waals surface area contributed by atoms with Gasteiger partial charge in [0.15, 0.2) is 0 Å². The van der Waals surface area contributed by atoms with Crippen molar-refractivity contribution in [2.45, 2.75) is 25.3 Å². The highest BCUT2D eigenvalue weighted by Crippen LogP contribution is 2.41. The molecule has 0 amide bonds. The predicted octanol–water partition coefficient (Wildman–Crippen LogP) is 2.67. The summed E-state index contributed by atoms with van der Waals surface area (Å²) in [5, 5.41) is 3.20. The second kappa shape index (κ2) is 4.34. The fraction of sp³-hybridized carbons (Fsp3) is 0.357. The van der Waals surface area contributed by atoms with Crippen LogP contribution in [0, 0.1) is 0 Å². The Bertz CT molecular complexity index is 497. The third-order valence-corrected chi connectivity index (χ3v) is 3.18. The first-order valence-corrected chi connectivity index (χ1v) is 6.17. The number of rotatable bonds is 4. The summed E-state index contributed by atoms with van der Waals surface area (Å²) in [6.07, 6.45) is 2.57. The smallest absolute Gasteiger partial charge is 0.137 e. The number of hydrogen-bond acceptors (Lipinski definition) is 2. The van der Waals surface area contributed by atoms with Crippen LogP contribution in [0.5, 0.6) is 0 Å². The molecule has 3 nitrogen and oxygen atoms in total. The minimum Gasteiger partial charge on any atom is -0.341 e. The van der Waals surface area contributed by atoms with Crippen LogP contribution in [-0.4, -0.2) is 17.0 Å². The largest absolute Gasteiger partial charge is 0.341 e. The molecule has 1 fully saturated rings. The zero-order valence-electron chi connectivity index (χ0n) is 10.0. The molecule has 3 heteroatoms. The molecule has 2 N–H and O–H groups in total. The number of H-pyrrole nitrogens is 1. The Hall–Kier alpha value is -1.61. The molecular weight excluding hydrogens is 210 g/mol. The maximum absolute atomic E-state index is 4.77. The van der Waals surface area contributed by atoms with E-state index in [1.165, 1.54) is 24.2 Å². The number of aromatic nitrogens is 2. The van der Waals surface area contributed by atoms with Gasteiger partial charge in [-0.1, -0.05) is 30.3 Å². The van der Waals surface area contributed by atoms with Crippen molar-refractivity contribution >= 4 is 0 Å². The summed E-state index contributed by atoms with van der Waals surface area (Å²) in [5.41, 5.74) is 3.67. The number of imidazole rings is 1. The maximum atomic E-state index is 4.77. The van der Waals surface area contributed by atoms with Gasteiger partial charge in [0.25, 0.3) is 0 Å². The van der Waals surface area contributed by atoms with Gasteiger partial charge in [-0.25, -0.2) is 4.98 Å². The second-order valence-electron chi connectivity index (χ2n) is 4.62. The number of benzene rings is 1. The second-order valence-corrected chi connectivity index (χ2v) is 4.62. The van der Waals surface area contributed by atoms with Crippen molar-refractivity contribution in [2.24, 2.45) is 0 Å². The van der Waals surface area contributed by atoms with Crippen molar-refractivity contribution in [1.29, 1.82) is 0 Å². The van der Waals surface area contributed by atoms with E-state index in [0.29, 0.717) is 5.92 Å². The summed E-state index contributed by atoms with van der Waals surface area (Å²) < 4.78 is 0. The highest BCUT2D eigenvalue weighted by atomic mass is 15.0. The fourth-order valence-electron chi connectivity index (χ4n) is 2.16. The fourth-order valence-corrected chi connectivity index (χ4v) is 2.16. The van der Waals surface area contributed by atoms with Gasteiger partial charge in [0.05, 0.1) is 11.4 Å². The molecule has 1 aliphatic rings. The highest BCUT2D eigenvalue weighted by molar-refractivity contribution is 5.56. The average Bonchev–Trinajstić information content (AvgIpc) is 3.13. The topological polar surface area (TPSA) is 40.7 Å². The minimum atomic E-state index is 0.687. The molecule has 1 saturated carbocycles. The van der Waals surface area contributed by atoms with Crippen molar-refractivity contribution in [1.82, 2.24) is 15.3 Å². The molecule has 1 aliphatic carbocycles. The number of hydrogen-bond donors (Lipinski definition) is 2. The Labute approximate surface area is 101 Å². The molecule has 0 radical (unpaired) electrons. The quantitative estimate of drug-likeness (QED) is 0.843. The van der Waals surface area contributed by atoms with Gasteiger partial charge in [-0.05, 0) is 19.9 Å². The Kier molecular flexibility index (Phi) is 2.69. The van der Waals surface area contributed by atoms with Crippen LogP contribution in [0.2, 0.25) is 0 Å². The van der Waals surface area contributed by atoms with Crippen molar-refractivity contribution < 1.29 is 0 Å².